The maximum atomic E-state index is 12.6. The summed E-state index contributed by atoms with van der Waals surface area (Å²) in [6.45, 7) is 3.79. The zero-order chi connectivity index (χ0) is 15.9. The highest BCUT2D eigenvalue weighted by Crippen LogP contribution is 2.25. The van der Waals surface area contributed by atoms with Gasteiger partial charge in [-0.2, -0.15) is 0 Å². The molecular formula is C18H19NO2S. The van der Waals surface area contributed by atoms with Crippen LogP contribution in [0.25, 0.3) is 0 Å². The Bertz CT molecular complexity index is 638. The largest absolute Gasteiger partial charge is 0.337 e. The second-order valence-corrected chi connectivity index (χ2v) is 6.14. The minimum atomic E-state index is -0.613. The van der Waals surface area contributed by atoms with E-state index in [9.17, 15) is 9.59 Å². The zero-order valence-corrected chi connectivity index (χ0v) is 13.5. The van der Waals surface area contributed by atoms with Gasteiger partial charge in [-0.15, -0.1) is 0 Å². The molecule has 1 atom stereocenters. The van der Waals surface area contributed by atoms with Crippen molar-refractivity contribution in [2.24, 2.45) is 0 Å². The molecule has 0 aliphatic rings. The van der Waals surface area contributed by atoms with Crippen LogP contribution in [0, 0.1) is 6.92 Å². The lowest BCUT2D eigenvalue weighted by Crippen LogP contribution is -2.38. The Morgan fingerprint density at radius 2 is 1.68 bits per heavy atom. The fourth-order valence-corrected chi connectivity index (χ4v) is 2.90. The van der Waals surface area contributed by atoms with Crippen molar-refractivity contribution < 1.29 is 9.59 Å². The first kappa shape index (κ1) is 16.3. The van der Waals surface area contributed by atoms with Crippen LogP contribution in [0.15, 0.2) is 59.5 Å². The van der Waals surface area contributed by atoms with Crippen LogP contribution in [0.5, 0.6) is 0 Å². The van der Waals surface area contributed by atoms with Crippen molar-refractivity contribution in [3.63, 3.8) is 0 Å². The Kier molecular flexibility index (Phi) is 5.78. The number of ketones is 1. The lowest BCUT2D eigenvalue weighted by Gasteiger charge is -2.17. The molecule has 22 heavy (non-hydrogen) atoms. The molecule has 1 amide bonds. The van der Waals surface area contributed by atoms with E-state index in [0.717, 1.165) is 10.5 Å². The van der Waals surface area contributed by atoms with E-state index in [-0.39, 0.29) is 11.7 Å². The predicted octanol–water partition coefficient (Wildman–Crippen LogP) is 3.82. The van der Waals surface area contributed by atoms with Crippen molar-refractivity contribution in [2.45, 2.75) is 30.5 Å². The summed E-state index contributed by atoms with van der Waals surface area (Å²) >= 11 is 1.36. The molecule has 0 saturated carbocycles. The van der Waals surface area contributed by atoms with E-state index in [0.29, 0.717) is 12.0 Å². The molecule has 0 aliphatic heterocycles. The molecule has 0 unspecified atom stereocenters. The molecule has 3 nitrogen and oxygen atoms in total. The molecule has 0 bridgehead atoms. The first-order valence-electron chi connectivity index (χ1n) is 7.22. The van der Waals surface area contributed by atoms with Crippen molar-refractivity contribution in [3.8, 4) is 0 Å². The van der Waals surface area contributed by atoms with E-state index in [1.165, 1.54) is 11.8 Å². The van der Waals surface area contributed by atoms with Gasteiger partial charge in [-0.1, -0.05) is 66.7 Å². The molecule has 0 aromatic heterocycles. The monoisotopic (exact) mass is 313 g/mol. The van der Waals surface area contributed by atoms with Crippen LogP contribution in [0.4, 0.5) is 0 Å². The second-order valence-electron chi connectivity index (χ2n) is 4.96. The van der Waals surface area contributed by atoms with Crippen LogP contribution in [0.3, 0.4) is 0 Å². The summed E-state index contributed by atoms with van der Waals surface area (Å²) in [7, 11) is 0. The molecule has 0 fully saturated rings. The van der Waals surface area contributed by atoms with Gasteiger partial charge in [-0.05, 0) is 19.1 Å². The number of rotatable bonds is 6. The number of amides is 1. The van der Waals surface area contributed by atoms with Gasteiger partial charge in [0.15, 0.2) is 5.78 Å². The van der Waals surface area contributed by atoms with Crippen molar-refractivity contribution in [3.05, 3.63) is 65.7 Å². The standard InChI is InChI=1S/C18H19NO2S/c1-3-16(20)19-18(17(21)14-7-5-4-6-8-14)22-15-11-9-13(2)10-12-15/h4-12,18H,3H2,1-2H3,(H,19,20)/t18-/m1/s1. The minimum absolute atomic E-state index is 0.0898. The second kappa shape index (κ2) is 7.80. The number of nitrogens with one attached hydrogen (secondary N) is 1. The molecule has 0 spiro atoms. The summed E-state index contributed by atoms with van der Waals surface area (Å²) in [5.41, 5.74) is 1.76. The van der Waals surface area contributed by atoms with Gasteiger partial charge in [0.25, 0.3) is 0 Å². The van der Waals surface area contributed by atoms with Gasteiger partial charge in [-0.25, -0.2) is 0 Å². The van der Waals surface area contributed by atoms with Crippen LogP contribution in [0.2, 0.25) is 0 Å². The Labute approximate surface area is 135 Å². The molecule has 2 aromatic rings. The van der Waals surface area contributed by atoms with E-state index >= 15 is 0 Å². The molecule has 0 aliphatic carbocycles. The fraction of sp³-hybridized carbons (Fsp3) is 0.222. The smallest absolute Gasteiger partial charge is 0.220 e. The van der Waals surface area contributed by atoms with Crippen molar-refractivity contribution >= 4 is 23.5 Å². The highest BCUT2D eigenvalue weighted by molar-refractivity contribution is 8.00. The highest BCUT2D eigenvalue weighted by Gasteiger charge is 2.22. The van der Waals surface area contributed by atoms with Gasteiger partial charge in [-0.3, -0.25) is 9.59 Å². The van der Waals surface area contributed by atoms with Gasteiger partial charge in [0, 0.05) is 16.9 Å². The van der Waals surface area contributed by atoms with E-state index in [1.807, 2.05) is 49.4 Å². The molecule has 114 valence electrons. The number of hydrogen-bond acceptors (Lipinski definition) is 3. The third-order valence-electron chi connectivity index (χ3n) is 3.18. The summed E-state index contributed by atoms with van der Waals surface area (Å²) in [5, 5.41) is 2.19. The van der Waals surface area contributed by atoms with E-state index in [2.05, 4.69) is 5.32 Å². The number of hydrogen-bond donors (Lipinski definition) is 1. The number of benzene rings is 2. The van der Waals surface area contributed by atoms with Crippen molar-refractivity contribution in [1.82, 2.24) is 5.32 Å². The normalized spacial score (nSPS) is 11.7. The minimum Gasteiger partial charge on any atom is -0.337 e. The van der Waals surface area contributed by atoms with Gasteiger partial charge in [0.2, 0.25) is 5.91 Å². The number of carbonyl (C=O) groups is 2. The van der Waals surface area contributed by atoms with Crippen LogP contribution < -0.4 is 5.32 Å². The fourth-order valence-electron chi connectivity index (χ4n) is 1.90. The molecular weight excluding hydrogens is 294 g/mol. The van der Waals surface area contributed by atoms with Crippen LogP contribution >= 0.6 is 11.8 Å². The number of Topliss-reactive ketones (excluding diaryl/α,β-unsaturated/α-hetero) is 1. The summed E-state index contributed by atoms with van der Waals surface area (Å²) in [5.74, 6) is -0.220. The molecule has 0 heterocycles. The van der Waals surface area contributed by atoms with E-state index in [1.54, 1.807) is 19.1 Å². The van der Waals surface area contributed by atoms with Crippen LogP contribution in [0.1, 0.15) is 29.3 Å². The topological polar surface area (TPSA) is 46.2 Å². The van der Waals surface area contributed by atoms with E-state index in [4.69, 9.17) is 0 Å². The van der Waals surface area contributed by atoms with E-state index < -0.39 is 5.37 Å². The lowest BCUT2D eigenvalue weighted by molar-refractivity contribution is -0.120. The van der Waals surface area contributed by atoms with Crippen LogP contribution in [-0.4, -0.2) is 17.1 Å². The third kappa shape index (κ3) is 4.46. The summed E-state index contributed by atoms with van der Waals surface area (Å²) in [6, 6.07) is 17.0. The van der Waals surface area contributed by atoms with Crippen molar-refractivity contribution in [1.29, 1.82) is 0 Å². The number of carbonyl (C=O) groups excluding carboxylic acids is 2. The quantitative estimate of drug-likeness (QED) is 0.501. The van der Waals surface area contributed by atoms with Crippen molar-refractivity contribution in [2.75, 3.05) is 0 Å². The predicted molar refractivity (Wildman–Crippen MR) is 90.0 cm³/mol. The number of aryl methyl sites for hydroxylation is 1. The Morgan fingerprint density at radius 3 is 2.27 bits per heavy atom. The lowest BCUT2D eigenvalue weighted by atomic mass is 10.1. The van der Waals surface area contributed by atoms with Crippen LogP contribution in [-0.2, 0) is 4.79 Å². The van der Waals surface area contributed by atoms with Gasteiger partial charge < -0.3 is 5.32 Å². The Balaban J connectivity index is 2.20. The Morgan fingerprint density at radius 1 is 1.05 bits per heavy atom. The highest BCUT2D eigenvalue weighted by atomic mass is 32.2. The summed E-state index contributed by atoms with van der Waals surface area (Å²) in [4.78, 5) is 25.3. The first-order valence-corrected chi connectivity index (χ1v) is 8.10. The van der Waals surface area contributed by atoms with Gasteiger partial charge in [0.05, 0.1) is 0 Å². The molecule has 1 N–H and O–H groups in total. The molecule has 0 radical (unpaired) electrons. The Hall–Kier alpha value is -2.07. The third-order valence-corrected chi connectivity index (χ3v) is 4.30. The first-order chi connectivity index (χ1) is 10.6. The number of thioether (sulfide) groups is 1. The average Bonchev–Trinajstić information content (AvgIpc) is 2.56. The average molecular weight is 313 g/mol. The maximum absolute atomic E-state index is 12.6. The SMILES string of the molecule is CCC(=O)N[C@H](Sc1ccc(C)cc1)C(=O)c1ccccc1. The zero-order valence-electron chi connectivity index (χ0n) is 12.7. The molecule has 2 aromatic carbocycles. The molecule has 2 rings (SSSR count). The van der Waals surface area contributed by atoms with Gasteiger partial charge >= 0.3 is 0 Å². The maximum Gasteiger partial charge on any atom is 0.220 e. The summed E-state index contributed by atoms with van der Waals surface area (Å²) in [6.07, 6.45) is 0.354. The van der Waals surface area contributed by atoms with Gasteiger partial charge in [0.1, 0.15) is 5.37 Å². The molecule has 4 heteroatoms. The molecule has 0 saturated heterocycles. The summed E-state index contributed by atoms with van der Waals surface area (Å²) < 4.78 is 0.